The average molecular weight is 419 g/mol. The van der Waals surface area contributed by atoms with Crippen LogP contribution in [0.4, 0.5) is 0 Å². The van der Waals surface area contributed by atoms with E-state index in [1.165, 1.54) is 18.2 Å². The molecule has 0 bridgehead atoms. The van der Waals surface area contributed by atoms with Gasteiger partial charge in [0, 0.05) is 12.5 Å². The minimum Gasteiger partial charge on any atom is -0.460 e. The van der Waals surface area contributed by atoms with Crippen LogP contribution in [-0.2, 0) is 9.53 Å². The van der Waals surface area contributed by atoms with Crippen molar-refractivity contribution in [1.29, 1.82) is 0 Å². The van der Waals surface area contributed by atoms with Gasteiger partial charge in [-0.3, -0.25) is 0 Å². The largest absolute Gasteiger partial charge is 0.460 e. The monoisotopic (exact) mass is 418 g/mol. The Kier molecular flexibility index (Phi) is 13.4. The average Bonchev–Trinajstić information content (AvgIpc) is 2.69. The van der Waals surface area contributed by atoms with E-state index in [0.717, 1.165) is 19.3 Å². The molecular formula is C24H34O6. The zero-order valence-corrected chi connectivity index (χ0v) is 17.5. The van der Waals surface area contributed by atoms with E-state index in [-0.39, 0.29) is 12.5 Å². The van der Waals surface area contributed by atoms with Gasteiger partial charge in [0.25, 0.3) is 0 Å². The summed E-state index contributed by atoms with van der Waals surface area (Å²) in [5.74, 6) is -0.402. The van der Waals surface area contributed by atoms with Crippen molar-refractivity contribution in [3.8, 4) is 0 Å². The Balaban J connectivity index is 2.73. The van der Waals surface area contributed by atoms with Crippen LogP contribution in [0.1, 0.15) is 39.0 Å². The lowest BCUT2D eigenvalue weighted by Gasteiger charge is -2.16. The highest BCUT2D eigenvalue weighted by Gasteiger charge is 2.16. The third kappa shape index (κ3) is 13.1. The van der Waals surface area contributed by atoms with Crippen molar-refractivity contribution in [2.75, 3.05) is 0 Å². The third-order valence-corrected chi connectivity index (χ3v) is 4.37. The van der Waals surface area contributed by atoms with Crippen molar-refractivity contribution in [3.63, 3.8) is 0 Å². The third-order valence-electron chi connectivity index (χ3n) is 4.37. The van der Waals surface area contributed by atoms with Crippen LogP contribution < -0.4 is 0 Å². The molecule has 6 heteroatoms. The van der Waals surface area contributed by atoms with Gasteiger partial charge in [0.05, 0.1) is 30.5 Å². The van der Waals surface area contributed by atoms with Gasteiger partial charge in [0.2, 0.25) is 0 Å². The first-order chi connectivity index (χ1) is 14.4. The predicted molar refractivity (Wildman–Crippen MR) is 118 cm³/mol. The summed E-state index contributed by atoms with van der Waals surface area (Å²) in [4.78, 5) is 11.8. The molecule has 0 saturated carbocycles. The first-order valence-corrected chi connectivity index (χ1v) is 10.3. The number of aliphatic hydroxyl groups is 4. The Morgan fingerprint density at radius 3 is 2.33 bits per heavy atom. The Labute approximate surface area is 178 Å². The van der Waals surface area contributed by atoms with Gasteiger partial charge in [-0.1, -0.05) is 66.8 Å². The van der Waals surface area contributed by atoms with E-state index in [0.29, 0.717) is 6.42 Å². The van der Waals surface area contributed by atoms with Gasteiger partial charge in [-0.15, -0.1) is 0 Å². The van der Waals surface area contributed by atoms with Gasteiger partial charge in [0.15, 0.2) is 0 Å². The molecule has 0 amide bonds. The second-order valence-electron chi connectivity index (χ2n) is 7.21. The quantitative estimate of drug-likeness (QED) is 0.451. The van der Waals surface area contributed by atoms with Crippen LogP contribution in [-0.4, -0.2) is 56.9 Å². The summed E-state index contributed by atoms with van der Waals surface area (Å²) in [5.41, 5.74) is 0. The molecule has 30 heavy (non-hydrogen) atoms. The van der Waals surface area contributed by atoms with Crippen LogP contribution in [0.25, 0.3) is 0 Å². The van der Waals surface area contributed by atoms with Crippen molar-refractivity contribution in [3.05, 3.63) is 72.9 Å². The lowest BCUT2D eigenvalue weighted by atomic mass is 10.1. The highest BCUT2D eigenvalue weighted by molar-refractivity contribution is 5.82. The molecule has 0 spiro atoms. The lowest BCUT2D eigenvalue weighted by Crippen LogP contribution is -2.27. The zero-order chi connectivity index (χ0) is 22.2. The van der Waals surface area contributed by atoms with E-state index < -0.39 is 30.4 Å². The Hall–Kier alpha value is -2.25. The van der Waals surface area contributed by atoms with Crippen molar-refractivity contribution >= 4 is 5.97 Å². The number of hydrogen-bond acceptors (Lipinski definition) is 6. The molecule has 0 aromatic rings. The maximum atomic E-state index is 11.8. The Morgan fingerprint density at radius 1 is 0.867 bits per heavy atom. The molecule has 0 aliphatic carbocycles. The summed E-state index contributed by atoms with van der Waals surface area (Å²) in [6.07, 6.45) is 18.1. The van der Waals surface area contributed by atoms with Gasteiger partial charge in [-0.2, -0.15) is 0 Å². The minimum absolute atomic E-state index is 0.00335. The van der Waals surface area contributed by atoms with Crippen LogP contribution >= 0.6 is 0 Å². The fraction of sp³-hybridized carbons (Fsp3) is 0.458. The molecule has 0 radical (unpaired) electrons. The van der Waals surface area contributed by atoms with Gasteiger partial charge in [-0.25, -0.2) is 4.79 Å². The summed E-state index contributed by atoms with van der Waals surface area (Å²) in [6.45, 7) is 1.85. The summed E-state index contributed by atoms with van der Waals surface area (Å²) >= 11 is 0. The van der Waals surface area contributed by atoms with Gasteiger partial charge in [-0.05, 0) is 32.6 Å². The van der Waals surface area contributed by atoms with Gasteiger partial charge in [0.1, 0.15) is 0 Å². The number of allylic oxidation sites excluding steroid dienone is 7. The van der Waals surface area contributed by atoms with Gasteiger partial charge < -0.3 is 25.2 Å². The number of rotatable bonds is 0. The van der Waals surface area contributed by atoms with Crippen LogP contribution in [0.5, 0.6) is 0 Å². The number of carbonyl (C=O) groups is 1. The number of carbonyl (C=O) groups excluding carboxylic acids is 1. The zero-order valence-electron chi connectivity index (χ0n) is 17.5. The van der Waals surface area contributed by atoms with Gasteiger partial charge >= 0.3 is 5.97 Å². The van der Waals surface area contributed by atoms with E-state index in [9.17, 15) is 25.2 Å². The summed E-state index contributed by atoms with van der Waals surface area (Å²) < 4.78 is 5.30. The number of esters is 1. The molecule has 0 aromatic heterocycles. The molecule has 1 heterocycles. The first-order valence-electron chi connectivity index (χ1n) is 10.3. The molecule has 1 aliphatic heterocycles. The molecule has 5 atom stereocenters. The van der Waals surface area contributed by atoms with Crippen molar-refractivity contribution in [1.82, 2.24) is 0 Å². The summed E-state index contributed by atoms with van der Waals surface area (Å²) in [7, 11) is 0. The molecule has 0 unspecified atom stereocenters. The first kappa shape index (κ1) is 25.8. The number of hydrogen-bond donors (Lipinski definition) is 4. The van der Waals surface area contributed by atoms with E-state index in [2.05, 4.69) is 0 Å². The molecule has 4 N–H and O–H groups in total. The van der Waals surface area contributed by atoms with E-state index >= 15 is 0 Å². The fourth-order valence-electron chi connectivity index (χ4n) is 2.66. The Bertz CT molecular complexity index is 659. The lowest BCUT2D eigenvalue weighted by molar-refractivity contribution is -0.142. The number of cyclic esters (lactones) is 1. The molecule has 1 aliphatic rings. The Morgan fingerprint density at radius 2 is 1.53 bits per heavy atom. The molecule has 0 fully saturated rings. The van der Waals surface area contributed by atoms with Crippen LogP contribution in [0, 0.1) is 0 Å². The smallest absolute Gasteiger partial charge is 0.331 e. The highest BCUT2D eigenvalue weighted by atomic mass is 16.5. The molecule has 6 nitrogen and oxygen atoms in total. The SMILES string of the molecule is C[C@@H]1CCC/C=C\C=C/[C@H](O)C[C@@H](O)[C@H](O)/C=C\C=C/[C@H](O)C/C=C\C=C/C(=O)O1. The minimum atomic E-state index is -1.12. The molecule has 0 aromatic carbocycles. The van der Waals surface area contributed by atoms with Crippen LogP contribution in [0.2, 0.25) is 0 Å². The van der Waals surface area contributed by atoms with E-state index in [1.807, 2.05) is 19.1 Å². The molecular weight excluding hydrogens is 384 g/mol. The fourth-order valence-corrected chi connectivity index (χ4v) is 2.66. The topological polar surface area (TPSA) is 107 Å². The molecule has 0 saturated heterocycles. The molecule has 1 rings (SSSR count). The maximum absolute atomic E-state index is 11.8. The van der Waals surface area contributed by atoms with Crippen LogP contribution in [0.3, 0.4) is 0 Å². The normalized spacial score (nSPS) is 37.1. The number of ether oxygens (including phenoxy) is 1. The number of aliphatic hydroxyl groups excluding tert-OH is 4. The standard InChI is InChI=1S/C24H34O6/c1-19-12-6-3-2-4-7-15-21(26)18-23(28)22(27)16-11-10-14-20(25)13-8-5-9-17-24(29)30-19/h2,4-5,7-11,14-17,19-23,25-28H,3,6,12-13,18H2,1H3/b4-2-,8-5-,14-10-,15-7-,16-11-,17-9-/t19-,20-,21+,22-,23-/m1/s1. The predicted octanol–water partition coefficient (Wildman–Crippen LogP) is 2.66. The van der Waals surface area contributed by atoms with E-state index in [4.69, 9.17) is 4.74 Å². The van der Waals surface area contributed by atoms with Crippen LogP contribution in [0.15, 0.2) is 72.9 Å². The summed E-state index contributed by atoms with van der Waals surface area (Å²) in [6, 6.07) is 0. The maximum Gasteiger partial charge on any atom is 0.331 e. The van der Waals surface area contributed by atoms with Crippen molar-refractivity contribution in [2.45, 2.75) is 69.5 Å². The second kappa shape index (κ2) is 15.6. The van der Waals surface area contributed by atoms with Crippen molar-refractivity contribution < 1.29 is 30.0 Å². The highest BCUT2D eigenvalue weighted by Crippen LogP contribution is 2.08. The van der Waals surface area contributed by atoms with E-state index in [1.54, 1.807) is 42.5 Å². The summed E-state index contributed by atoms with van der Waals surface area (Å²) in [5, 5.41) is 39.7. The molecule has 166 valence electrons. The second-order valence-corrected chi connectivity index (χ2v) is 7.21. The van der Waals surface area contributed by atoms with Crippen molar-refractivity contribution in [2.24, 2.45) is 0 Å².